The molecule has 0 aliphatic heterocycles. The highest BCUT2D eigenvalue weighted by Gasteiger charge is 2.03. The Balaban J connectivity index is 2.90. The van der Waals surface area contributed by atoms with Crippen molar-refractivity contribution < 1.29 is 14.6 Å². The van der Waals surface area contributed by atoms with Crippen LogP contribution in [0.25, 0.3) is 6.08 Å². The van der Waals surface area contributed by atoms with Crippen molar-refractivity contribution in [1.29, 1.82) is 0 Å². The summed E-state index contributed by atoms with van der Waals surface area (Å²) in [6, 6.07) is 5.84. The Bertz CT molecular complexity index is 439. The fraction of sp³-hybridized carbons (Fsp3) is 0.357. The molecule has 3 nitrogen and oxygen atoms in total. The number of hydrogen-bond acceptors (Lipinski definition) is 3. The SMILES string of the molecule is COc1ccc(CSC(C)C)cc1C=CC(=O)O. The van der Waals surface area contributed by atoms with Gasteiger partial charge >= 0.3 is 5.97 Å². The van der Waals surface area contributed by atoms with E-state index in [9.17, 15) is 4.79 Å². The van der Waals surface area contributed by atoms with Gasteiger partial charge in [0.1, 0.15) is 5.75 Å². The van der Waals surface area contributed by atoms with E-state index in [0.717, 1.165) is 17.4 Å². The molecule has 0 saturated carbocycles. The lowest BCUT2D eigenvalue weighted by Crippen LogP contribution is -1.93. The summed E-state index contributed by atoms with van der Waals surface area (Å²) in [5.41, 5.74) is 1.96. The van der Waals surface area contributed by atoms with Gasteiger partial charge < -0.3 is 9.84 Å². The van der Waals surface area contributed by atoms with Crippen molar-refractivity contribution in [2.24, 2.45) is 0 Å². The Labute approximate surface area is 112 Å². The van der Waals surface area contributed by atoms with Crippen molar-refractivity contribution >= 4 is 23.8 Å². The highest BCUT2D eigenvalue weighted by Crippen LogP contribution is 2.24. The van der Waals surface area contributed by atoms with E-state index in [1.54, 1.807) is 13.2 Å². The molecule has 0 heterocycles. The molecule has 1 rings (SSSR count). The molecule has 98 valence electrons. The van der Waals surface area contributed by atoms with E-state index in [2.05, 4.69) is 13.8 Å². The van der Waals surface area contributed by atoms with Gasteiger partial charge in [0, 0.05) is 17.4 Å². The number of benzene rings is 1. The first-order chi connectivity index (χ1) is 8.52. The van der Waals surface area contributed by atoms with Crippen molar-refractivity contribution in [3.05, 3.63) is 35.4 Å². The van der Waals surface area contributed by atoms with Crippen LogP contribution in [0.1, 0.15) is 25.0 Å². The van der Waals surface area contributed by atoms with E-state index >= 15 is 0 Å². The molecule has 0 saturated heterocycles. The molecule has 0 aliphatic carbocycles. The molecule has 0 aromatic heterocycles. The highest BCUT2D eigenvalue weighted by molar-refractivity contribution is 7.99. The van der Waals surface area contributed by atoms with Crippen molar-refractivity contribution in [2.75, 3.05) is 7.11 Å². The Morgan fingerprint density at radius 2 is 2.22 bits per heavy atom. The van der Waals surface area contributed by atoms with E-state index < -0.39 is 5.97 Å². The van der Waals surface area contributed by atoms with E-state index in [1.165, 1.54) is 5.56 Å². The Kier molecular flexibility index (Phi) is 5.78. The van der Waals surface area contributed by atoms with Gasteiger partial charge in [-0.3, -0.25) is 0 Å². The maximum atomic E-state index is 10.5. The summed E-state index contributed by atoms with van der Waals surface area (Å²) in [5.74, 6) is 0.639. The van der Waals surface area contributed by atoms with Gasteiger partial charge in [0.2, 0.25) is 0 Å². The molecule has 0 atom stereocenters. The predicted octanol–water partition coefficient (Wildman–Crippen LogP) is 3.43. The molecule has 1 aromatic rings. The van der Waals surface area contributed by atoms with Crippen LogP contribution in [0, 0.1) is 0 Å². The molecule has 1 aromatic carbocycles. The van der Waals surface area contributed by atoms with E-state index in [-0.39, 0.29) is 0 Å². The van der Waals surface area contributed by atoms with Crippen LogP contribution in [-0.4, -0.2) is 23.4 Å². The topological polar surface area (TPSA) is 46.5 Å². The summed E-state index contributed by atoms with van der Waals surface area (Å²) in [6.45, 7) is 4.30. The van der Waals surface area contributed by atoms with Crippen LogP contribution in [0.2, 0.25) is 0 Å². The third kappa shape index (κ3) is 4.84. The third-order valence-corrected chi connectivity index (χ3v) is 3.45. The van der Waals surface area contributed by atoms with E-state index in [0.29, 0.717) is 11.0 Å². The number of carbonyl (C=O) groups is 1. The van der Waals surface area contributed by atoms with Crippen LogP contribution in [0.5, 0.6) is 5.75 Å². The molecule has 0 fully saturated rings. The number of carboxylic acid groups (broad SMARTS) is 1. The van der Waals surface area contributed by atoms with Gasteiger partial charge in [-0.1, -0.05) is 19.9 Å². The number of aliphatic carboxylic acids is 1. The maximum Gasteiger partial charge on any atom is 0.328 e. The van der Waals surface area contributed by atoms with Crippen molar-refractivity contribution in [1.82, 2.24) is 0 Å². The van der Waals surface area contributed by atoms with Crippen molar-refractivity contribution in [2.45, 2.75) is 24.9 Å². The molecule has 0 spiro atoms. The zero-order valence-electron chi connectivity index (χ0n) is 10.8. The summed E-state index contributed by atoms with van der Waals surface area (Å²) in [7, 11) is 1.58. The summed E-state index contributed by atoms with van der Waals surface area (Å²) in [6.07, 6.45) is 2.68. The maximum absolute atomic E-state index is 10.5. The van der Waals surface area contributed by atoms with Crippen molar-refractivity contribution in [3.63, 3.8) is 0 Å². The van der Waals surface area contributed by atoms with Crippen LogP contribution in [0.15, 0.2) is 24.3 Å². The van der Waals surface area contributed by atoms with Crippen LogP contribution >= 0.6 is 11.8 Å². The fourth-order valence-corrected chi connectivity index (χ4v) is 2.13. The van der Waals surface area contributed by atoms with Crippen LogP contribution in [0.3, 0.4) is 0 Å². The first kappa shape index (κ1) is 14.6. The minimum absolute atomic E-state index is 0.574. The van der Waals surface area contributed by atoms with E-state index in [1.807, 2.05) is 30.0 Å². The number of carboxylic acids is 1. The van der Waals surface area contributed by atoms with Gasteiger partial charge in [-0.15, -0.1) is 0 Å². The number of rotatable bonds is 6. The molecule has 0 unspecified atom stereocenters. The quantitative estimate of drug-likeness (QED) is 0.801. The largest absolute Gasteiger partial charge is 0.496 e. The van der Waals surface area contributed by atoms with Gasteiger partial charge in [0.15, 0.2) is 0 Å². The summed E-state index contributed by atoms with van der Waals surface area (Å²) in [4.78, 5) is 10.5. The molecular formula is C14H18O3S. The molecule has 4 heteroatoms. The lowest BCUT2D eigenvalue weighted by atomic mass is 10.1. The summed E-state index contributed by atoms with van der Waals surface area (Å²) < 4.78 is 5.21. The zero-order valence-corrected chi connectivity index (χ0v) is 11.7. The Hall–Kier alpha value is -1.42. The first-order valence-electron chi connectivity index (χ1n) is 5.72. The van der Waals surface area contributed by atoms with Crippen LogP contribution < -0.4 is 4.74 Å². The minimum Gasteiger partial charge on any atom is -0.496 e. The molecular weight excluding hydrogens is 248 g/mol. The second-order valence-corrected chi connectivity index (χ2v) is 5.67. The van der Waals surface area contributed by atoms with Gasteiger partial charge in [0.25, 0.3) is 0 Å². The Morgan fingerprint density at radius 3 is 2.78 bits per heavy atom. The number of hydrogen-bond donors (Lipinski definition) is 1. The predicted molar refractivity (Wildman–Crippen MR) is 76.1 cm³/mol. The average molecular weight is 266 g/mol. The van der Waals surface area contributed by atoms with Gasteiger partial charge in [0.05, 0.1) is 7.11 Å². The lowest BCUT2D eigenvalue weighted by molar-refractivity contribution is -0.131. The summed E-state index contributed by atoms with van der Waals surface area (Å²) >= 11 is 1.85. The highest BCUT2D eigenvalue weighted by atomic mass is 32.2. The van der Waals surface area contributed by atoms with Crippen LogP contribution in [0.4, 0.5) is 0 Å². The standard InChI is InChI=1S/C14H18O3S/c1-10(2)18-9-11-4-6-13(17-3)12(8-11)5-7-14(15)16/h4-8,10H,9H2,1-3H3,(H,15,16). The molecule has 0 bridgehead atoms. The minimum atomic E-state index is -0.959. The summed E-state index contributed by atoms with van der Waals surface area (Å²) in [5, 5.41) is 9.23. The number of ether oxygens (including phenoxy) is 1. The first-order valence-corrected chi connectivity index (χ1v) is 6.77. The molecule has 0 amide bonds. The van der Waals surface area contributed by atoms with E-state index in [4.69, 9.17) is 9.84 Å². The smallest absolute Gasteiger partial charge is 0.328 e. The second kappa shape index (κ2) is 7.11. The molecule has 1 N–H and O–H groups in total. The number of methoxy groups -OCH3 is 1. The van der Waals surface area contributed by atoms with Gasteiger partial charge in [-0.05, 0) is 29.0 Å². The van der Waals surface area contributed by atoms with Gasteiger partial charge in [-0.2, -0.15) is 11.8 Å². The monoisotopic (exact) mass is 266 g/mol. The average Bonchev–Trinajstić information content (AvgIpc) is 2.33. The normalized spacial score (nSPS) is 11.1. The molecule has 18 heavy (non-hydrogen) atoms. The third-order valence-electron chi connectivity index (χ3n) is 2.28. The zero-order chi connectivity index (χ0) is 13.5. The van der Waals surface area contributed by atoms with Crippen LogP contribution in [-0.2, 0) is 10.5 Å². The lowest BCUT2D eigenvalue weighted by Gasteiger charge is -2.09. The van der Waals surface area contributed by atoms with Crippen molar-refractivity contribution in [3.8, 4) is 5.75 Å². The Morgan fingerprint density at radius 1 is 1.50 bits per heavy atom. The fourth-order valence-electron chi connectivity index (χ4n) is 1.43. The second-order valence-electron chi connectivity index (χ2n) is 4.11. The molecule has 0 aliphatic rings. The molecule has 0 radical (unpaired) electrons. The number of thioether (sulfide) groups is 1. The van der Waals surface area contributed by atoms with Gasteiger partial charge in [-0.25, -0.2) is 4.79 Å².